The van der Waals surface area contributed by atoms with Crippen LogP contribution in [0.3, 0.4) is 0 Å². The Morgan fingerprint density at radius 1 is 1.00 bits per heavy atom. The molecule has 0 spiro atoms. The maximum Gasteiger partial charge on any atom is 0.139 e. The molecule has 60 valence electrons. The van der Waals surface area contributed by atoms with Crippen molar-refractivity contribution in [3.05, 3.63) is 0 Å². The fourth-order valence-electron chi connectivity index (χ4n) is 0. The van der Waals surface area contributed by atoms with Crippen molar-refractivity contribution in [3.63, 3.8) is 0 Å². The standard InChI is InChI=1S/2C3H6OS/c2*1-3(4)2-5/h2*5H,2H2,1H3. The molecular formula is C6H12O2S2. The topological polar surface area (TPSA) is 34.1 Å². The van der Waals surface area contributed by atoms with Crippen LogP contribution in [-0.2, 0) is 9.59 Å². The fraction of sp³-hybridized carbons (Fsp3) is 0.667. The van der Waals surface area contributed by atoms with E-state index in [0.717, 1.165) is 0 Å². The number of rotatable bonds is 2. The fourth-order valence-corrected chi connectivity index (χ4v) is 0. The summed E-state index contributed by atoms with van der Waals surface area (Å²) in [5.41, 5.74) is 0. The Morgan fingerprint density at radius 3 is 1.10 bits per heavy atom. The van der Waals surface area contributed by atoms with E-state index in [1.54, 1.807) is 0 Å². The van der Waals surface area contributed by atoms with Gasteiger partial charge in [0.05, 0.1) is 0 Å². The molecule has 0 aromatic heterocycles. The monoisotopic (exact) mass is 180 g/mol. The molecule has 0 heterocycles. The van der Waals surface area contributed by atoms with E-state index in [1.807, 2.05) is 0 Å². The average Bonchev–Trinajstić information content (AvgIpc) is 1.89. The van der Waals surface area contributed by atoms with Gasteiger partial charge in [0.1, 0.15) is 11.6 Å². The smallest absolute Gasteiger partial charge is 0.139 e. The van der Waals surface area contributed by atoms with Crippen LogP contribution >= 0.6 is 25.3 Å². The van der Waals surface area contributed by atoms with Crippen molar-refractivity contribution in [3.8, 4) is 0 Å². The van der Waals surface area contributed by atoms with Crippen molar-refractivity contribution in [1.29, 1.82) is 0 Å². The van der Waals surface area contributed by atoms with E-state index in [9.17, 15) is 9.59 Å². The lowest BCUT2D eigenvalue weighted by Crippen LogP contribution is -1.86. The summed E-state index contributed by atoms with van der Waals surface area (Å²) in [7, 11) is 0. The highest BCUT2D eigenvalue weighted by molar-refractivity contribution is 7.81. The number of hydrogen-bond donors (Lipinski definition) is 2. The van der Waals surface area contributed by atoms with Gasteiger partial charge in [0.25, 0.3) is 0 Å². The van der Waals surface area contributed by atoms with Gasteiger partial charge in [-0.15, -0.1) is 0 Å². The Kier molecular flexibility index (Phi) is 11.5. The summed E-state index contributed by atoms with van der Waals surface area (Å²) in [5.74, 6) is 0.960. The highest BCUT2D eigenvalue weighted by Crippen LogP contribution is 1.70. The molecular weight excluding hydrogens is 168 g/mol. The van der Waals surface area contributed by atoms with Gasteiger partial charge in [-0.2, -0.15) is 25.3 Å². The number of thiol groups is 2. The second-order valence-corrected chi connectivity index (χ2v) is 2.35. The molecule has 0 aliphatic carbocycles. The van der Waals surface area contributed by atoms with Crippen LogP contribution in [0.4, 0.5) is 0 Å². The first-order chi connectivity index (χ1) is 4.54. The van der Waals surface area contributed by atoms with Crippen molar-refractivity contribution in [2.24, 2.45) is 0 Å². The Hall–Kier alpha value is 0.0400. The number of hydrogen-bond acceptors (Lipinski definition) is 4. The maximum atomic E-state index is 9.74. The molecule has 0 aromatic carbocycles. The first-order valence-corrected chi connectivity index (χ1v) is 4.01. The summed E-state index contributed by atoms with van der Waals surface area (Å²) >= 11 is 7.33. The van der Waals surface area contributed by atoms with Crippen LogP contribution in [0.5, 0.6) is 0 Å². The predicted octanol–water partition coefficient (Wildman–Crippen LogP) is 1.01. The summed E-state index contributed by atoms with van der Waals surface area (Å²) in [4.78, 5) is 19.5. The molecule has 0 amide bonds. The summed E-state index contributed by atoms with van der Waals surface area (Å²) in [6, 6.07) is 0. The molecule has 0 aliphatic rings. The summed E-state index contributed by atoms with van der Waals surface area (Å²) in [6.07, 6.45) is 0. The van der Waals surface area contributed by atoms with Gasteiger partial charge in [0.2, 0.25) is 0 Å². The van der Waals surface area contributed by atoms with E-state index in [0.29, 0.717) is 11.5 Å². The van der Waals surface area contributed by atoms with Gasteiger partial charge >= 0.3 is 0 Å². The minimum absolute atomic E-state index is 0.119. The first-order valence-electron chi connectivity index (χ1n) is 2.75. The van der Waals surface area contributed by atoms with Gasteiger partial charge in [-0.3, -0.25) is 9.59 Å². The van der Waals surface area contributed by atoms with Gasteiger partial charge in [-0.25, -0.2) is 0 Å². The Balaban J connectivity index is 0. The molecule has 0 rings (SSSR count). The number of Topliss-reactive ketones (excluding diaryl/α,β-unsaturated/α-hetero) is 2. The molecule has 0 fully saturated rings. The zero-order valence-corrected chi connectivity index (χ0v) is 7.91. The van der Waals surface area contributed by atoms with E-state index < -0.39 is 0 Å². The molecule has 0 aromatic rings. The molecule has 2 nitrogen and oxygen atoms in total. The van der Waals surface area contributed by atoms with Gasteiger partial charge in [-0.1, -0.05) is 0 Å². The lowest BCUT2D eigenvalue weighted by atomic mass is 10.5. The van der Waals surface area contributed by atoms with E-state index in [2.05, 4.69) is 25.3 Å². The third-order valence-electron chi connectivity index (χ3n) is 0.445. The second kappa shape index (κ2) is 9.04. The lowest BCUT2D eigenvalue weighted by Gasteiger charge is -1.71. The third-order valence-corrected chi connectivity index (χ3v) is 1.34. The van der Waals surface area contributed by atoms with Gasteiger partial charge in [-0.05, 0) is 13.8 Å². The number of ketones is 2. The summed E-state index contributed by atoms with van der Waals surface area (Å²) in [6.45, 7) is 3.01. The molecule has 10 heavy (non-hydrogen) atoms. The Bertz CT molecular complexity index is 98.3. The van der Waals surface area contributed by atoms with Crippen molar-refractivity contribution in [1.82, 2.24) is 0 Å². The predicted molar refractivity (Wildman–Crippen MR) is 49.1 cm³/mol. The van der Waals surface area contributed by atoms with Crippen LogP contribution in [0, 0.1) is 0 Å². The van der Waals surface area contributed by atoms with Crippen LogP contribution < -0.4 is 0 Å². The third kappa shape index (κ3) is 24.4. The SMILES string of the molecule is CC(=O)CS.CC(=O)CS. The second-order valence-electron chi connectivity index (χ2n) is 1.72. The molecule has 0 saturated carbocycles. The van der Waals surface area contributed by atoms with Gasteiger partial charge in [0, 0.05) is 11.5 Å². The van der Waals surface area contributed by atoms with E-state index in [4.69, 9.17) is 0 Å². The number of carbonyl (C=O) groups excluding carboxylic acids is 2. The summed E-state index contributed by atoms with van der Waals surface area (Å²) in [5, 5.41) is 0. The minimum Gasteiger partial charge on any atom is -0.299 e. The molecule has 0 N–H and O–H groups in total. The minimum atomic E-state index is 0.119. The van der Waals surface area contributed by atoms with Gasteiger partial charge < -0.3 is 0 Å². The van der Waals surface area contributed by atoms with E-state index in [-0.39, 0.29) is 11.6 Å². The maximum absolute atomic E-state index is 9.74. The lowest BCUT2D eigenvalue weighted by molar-refractivity contribution is -0.115. The van der Waals surface area contributed by atoms with Crippen LogP contribution in [0.25, 0.3) is 0 Å². The largest absolute Gasteiger partial charge is 0.299 e. The quantitative estimate of drug-likeness (QED) is 0.622. The molecule has 4 heteroatoms. The van der Waals surface area contributed by atoms with Crippen LogP contribution in [0.2, 0.25) is 0 Å². The zero-order valence-electron chi connectivity index (χ0n) is 6.13. The van der Waals surface area contributed by atoms with Crippen molar-refractivity contribution in [2.75, 3.05) is 11.5 Å². The molecule has 0 bridgehead atoms. The zero-order chi connectivity index (χ0) is 8.57. The van der Waals surface area contributed by atoms with E-state index in [1.165, 1.54) is 13.8 Å². The molecule has 0 saturated heterocycles. The van der Waals surface area contributed by atoms with E-state index >= 15 is 0 Å². The van der Waals surface area contributed by atoms with Gasteiger partial charge in [0.15, 0.2) is 0 Å². The van der Waals surface area contributed by atoms with Crippen LogP contribution in [0.1, 0.15) is 13.8 Å². The molecule has 0 atom stereocenters. The van der Waals surface area contributed by atoms with Crippen molar-refractivity contribution in [2.45, 2.75) is 13.8 Å². The van der Waals surface area contributed by atoms with Crippen LogP contribution in [-0.4, -0.2) is 23.1 Å². The average molecular weight is 180 g/mol. The van der Waals surface area contributed by atoms with Crippen molar-refractivity contribution >= 4 is 36.8 Å². The molecule has 0 radical (unpaired) electrons. The Labute approximate surface area is 72.2 Å². The number of carbonyl (C=O) groups is 2. The Morgan fingerprint density at radius 2 is 1.10 bits per heavy atom. The van der Waals surface area contributed by atoms with Crippen LogP contribution in [0.15, 0.2) is 0 Å². The molecule has 0 aliphatic heterocycles. The van der Waals surface area contributed by atoms with Crippen molar-refractivity contribution < 1.29 is 9.59 Å². The summed E-state index contributed by atoms with van der Waals surface area (Å²) < 4.78 is 0. The highest BCUT2D eigenvalue weighted by atomic mass is 32.1. The normalized spacial score (nSPS) is 7.60. The highest BCUT2D eigenvalue weighted by Gasteiger charge is 1.78. The molecule has 0 unspecified atom stereocenters. The first kappa shape index (κ1) is 12.7.